The number of imide groups is 1. The fourth-order valence-electron chi connectivity index (χ4n) is 4.15. The first-order valence-electron chi connectivity index (χ1n) is 10.2. The van der Waals surface area contributed by atoms with Crippen molar-refractivity contribution in [3.05, 3.63) is 47.7 Å². The smallest absolute Gasteiger partial charge is 0.414 e. The number of alkyl carbamates (subject to hydrolysis) is 1. The largest absolute Gasteiger partial charge is 0.490 e. The Bertz CT molecular complexity index is 854. The molecule has 1 saturated heterocycles. The zero-order valence-corrected chi connectivity index (χ0v) is 16.6. The first-order chi connectivity index (χ1) is 14.1. The van der Waals surface area contributed by atoms with Crippen molar-refractivity contribution in [2.24, 2.45) is 5.92 Å². The van der Waals surface area contributed by atoms with Crippen LogP contribution in [-0.2, 0) is 22.4 Å². The number of aromatic nitrogens is 1. The number of hydrogen-bond donors (Lipinski definition) is 1. The van der Waals surface area contributed by atoms with Gasteiger partial charge in [0.2, 0.25) is 0 Å². The highest BCUT2D eigenvalue weighted by molar-refractivity contribution is 6.00. The normalized spacial score (nSPS) is 20.9. The zero-order chi connectivity index (χ0) is 20.2. The van der Waals surface area contributed by atoms with Gasteiger partial charge in [0.15, 0.2) is 12.5 Å². The van der Waals surface area contributed by atoms with E-state index in [1.165, 1.54) is 38.5 Å². The van der Waals surface area contributed by atoms with E-state index in [0.29, 0.717) is 12.3 Å². The molecule has 2 amide bonds. The molecular weight excluding hydrogens is 372 g/mol. The monoisotopic (exact) mass is 398 g/mol. The molecule has 2 fully saturated rings. The van der Waals surface area contributed by atoms with Crippen LogP contribution in [0.2, 0.25) is 0 Å². The Kier molecular flexibility index (Phi) is 5.83. The van der Waals surface area contributed by atoms with Gasteiger partial charge in [-0.3, -0.25) is 10.1 Å². The maximum Gasteiger partial charge on any atom is 0.414 e. The van der Waals surface area contributed by atoms with Crippen LogP contribution < -0.4 is 10.1 Å². The first-order valence-corrected chi connectivity index (χ1v) is 10.2. The number of rotatable bonds is 7. The predicted octanol–water partition coefficient (Wildman–Crippen LogP) is 3.73. The molecule has 0 radical (unpaired) electrons. The van der Waals surface area contributed by atoms with Crippen LogP contribution in [0.5, 0.6) is 5.75 Å². The minimum absolute atomic E-state index is 0.0477. The number of benzene rings is 1. The van der Waals surface area contributed by atoms with Gasteiger partial charge in [0.1, 0.15) is 17.6 Å². The van der Waals surface area contributed by atoms with Gasteiger partial charge in [-0.2, -0.15) is 0 Å². The summed E-state index contributed by atoms with van der Waals surface area (Å²) in [5.41, 5.74) is 1.86. The van der Waals surface area contributed by atoms with E-state index in [1.54, 1.807) is 0 Å². The van der Waals surface area contributed by atoms with E-state index in [2.05, 4.69) is 10.3 Å². The predicted molar refractivity (Wildman–Crippen MR) is 104 cm³/mol. The molecular formula is C22H26N2O5. The molecule has 7 nitrogen and oxygen atoms in total. The minimum atomic E-state index is -0.764. The summed E-state index contributed by atoms with van der Waals surface area (Å²) in [6, 6.07) is 7.65. The number of nitrogens with one attached hydrogen (secondary N) is 1. The second kappa shape index (κ2) is 8.68. The van der Waals surface area contributed by atoms with E-state index < -0.39 is 18.1 Å². The number of aryl methyl sites for hydroxylation is 1. The van der Waals surface area contributed by atoms with Crippen LogP contribution >= 0.6 is 0 Å². The average Bonchev–Trinajstić information content (AvgIpc) is 3.27. The van der Waals surface area contributed by atoms with Crippen LogP contribution in [0.3, 0.4) is 0 Å². The zero-order valence-electron chi connectivity index (χ0n) is 16.6. The van der Waals surface area contributed by atoms with Crippen molar-refractivity contribution in [1.29, 1.82) is 0 Å². The molecule has 1 saturated carbocycles. The molecule has 2 aliphatic rings. The number of nitrogens with zero attached hydrogens (tertiary/aromatic N) is 1. The van der Waals surface area contributed by atoms with Gasteiger partial charge in [-0.05, 0) is 43.4 Å². The van der Waals surface area contributed by atoms with Crippen LogP contribution in [0.1, 0.15) is 49.1 Å². The number of oxazole rings is 1. The van der Waals surface area contributed by atoms with Crippen molar-refractivity contribution in [3.8, 4) is 5.75 Å². The van der Waals surface area contributed by atoms with Crippen LogP contribution in [0.15, 0.2) is 35.1 Å². The van der Waals surface area contributed by atoms with E-state index in [4.69, 9.17) is 13.9 Å². The highest BCUT2D eigenvalue weighted by Gasteiger charge is 2.32. The molecule has 0 spiro atoms. The van der Waals surface area contributed by atoms with Crippen molar-refractivity contribution in [2.45, 2.75) is 64.1 Å². The lowest BCUT2D eigenvalue weighted by atomic mass is 9.83. The second-order valence-electron chi connectivity index (χ2n) is 7.85. The van der Waals surface area contributed by atoms with E-state index in [0.717, 1.165) is 29.2 Å². The summed E-state index contributed by atoms with van der Waals surface area (Å²) in [4.78, 5) is 27.2. The summed E-state index contributed by atoms with van der Waals surface area (Å²) in [6.07, 6.45) is 7.28. The second-order valence-corrected chi connectivity index (χ2v) is 7.85. The standard InChI is InChI=1S/C22H26N2O5/c1-14-18(23-13-27-14)12-19(16-5-3-2-4-6-16)28-17-9-7-15(8-10-17)11-20-21(25)24-22(26)29-20/h7-10,13,16,19-20H,2-6,11-12H2,1H3,(H,24,25,26). The van der Waals surface area contributed by atoms with Gasteiger partial charge >= 0.3 is 6.09 Å². The third-order valence-corrected chi connectivity index (χ3v) is 5.81. The van der Waals surface area contributed by atoms with Crippen LogP contribution in [-0.4, -0.2) is 29.2 Å². The molecule has 4 rings (SSSR count). The molecule has 1 aromatic heterocycles. The molecule has 0 bridgehead atoms. The van der Waals surface area contributed by atoms with E-state index in [1.807, 2.05) is 31.2 Å². The number of hydrogen-bond acceptors (Lipinski definition) is 6. The highest BCUT2D eigenvalue weighted by atomic mass is 16.6. The van der Waals surface area contributed by atoms with Gasteiger partial charge < -0.3 is 13.9 Å². The van der Waals surface area contributed by atoms with Gasteiger partial charge in [-0.1, -0.05) is 31.4 Å². The van der Waals surface area contributed by atoms with E-state index in [-0.39, 0.29) is 6.10 Å². The Hall–Kier alpha value is -2.83. The molecule has 1 aliphatic carbocycles. The molecule has 2 aromatic rings. The van der Waals surface area contributed by atoms with Crippen LogP contribution in [0, 0.1) is 12.8 Å². The maximum atomic E-state index is 11.7. The molecule has 7 heteroatoms. The molecule has 1 N–H and O–H groups in total. The molecule has 2 atom stereocenters. The number of amides is 2. The Morgan fingerprint density at radius 2 is 1.93 bits per heavy atom. The Balaban J connectivity index is 1.43. The Morgan fingerprint density at radius 1 is 1.17 bits per heavy atom. The molecule has 29 heavy (non-hydrogen) atoms. The van der Waals surface area contributed by atoms with Gasteiger partial charge in [-0.15, -0.1) is 0 Å². The summed E-state index contributed by atoms with van der Waals surface area (Å²) in [5, 5.41) is 2.15. The molecule has 154 valence electrons. The SMILES string of the molecule is Cc1ocnc1CC(Oc1ccc(CC2OC(=O)NC2=O)cc1)C1CCCCC1. The number of carbonyl (C=O) groups is 2. The van der Waals surface area contributed by atoms with Gasteiger partial charge in [0.25, 0.3) is 5.91 Å². The van der Waals surface area contributed by atoms with Crippen molar-refractivity contribution in [1.82, 2.24) is 10.3 Å². The lowest BCUT2D eigenvalue weighted by Crippen LogP contribution is -2.31. The van der Waals surface area contributed by atoms with Crippen molar-refractivity contribution in [3.63, 3.8) is 0 Å². The third-order valence-electron chi connectivity index (χ3n) is 5.81. The quantitative estimate of drug-likeness (QED) is 0.764. The lowest BCUT2D eigenvalue weighted by Gasteiger charge is -2.30. The summed E-state index contributed by atoms with van der Waals surface area (Å²) < 4.78 is 16.7. The fourth-order valence-corrected chi connectivity index (χ4v) is 4.15. The van der Waals surface area contributed by atoms with E-state index >= 15 is 0 Å². The fraction of sp³-hybridized carbons (Fsp3) is 0.500. The first kappa shape index (κ1) is 19.5. The molecule has 2 unspecified atom stereocenters. The number of ether oxygens (including phenoxy) is 2. The topological polar surface area (TPSA) is 90.7 Å². The lowest BCUT2D eigenvalue weighted by molar-refractivity contribution is -0.123. The minimum Gasteiger partial charge on any atom is -0.490 e. The maximum absolute atomic E-state index is 11.7. The van der Waals surface area contributed by atoms with Gasteiger partial charge in [-0.25, -0.2) is 9.78 Å². The van der Waals surface area contributed by atoms with Gasteiger partial charge in [0.05, 0.1) is 5.69 Å². The Labute approximate surface area is 169 Å². The summed E-state index contributed by atoms with van der Waals surface area (Å²) >= 11 is 0. The summed E-state index contributed by atoms with van der Waals surface area (Å²) in [6.45, 7) is 1.93. The number of carbonyl (C=O) groups excluding carboxylic acids is 2. The van der Waals surface area contributed by atoms with Crippen molar-refractivity contribution >= 4 is 12.0 Å². The Morgan fingerprint density at radius 3 is 2.55 bits per heavy atom. The molecule has 1 aromatic carbocycles. The summed E-state index contributed by atoms with van der Waals surface area (Å²) in [5.74, 6) is 1.74. The summed E-state index contributed by atoms with van der Waals surface area (Å²) in [7, 11) is 0. The van der Waals surface area contributed by atoms with E-state index in [9.17, 15) is 9.59 Å². The third kappa shape index (κ3) is 4.78. The van der Waals surface area contributed by atoms with Gasteiger partial charge in [0, 0.05) is 12.8 Å². The molecule has 2 heterocycles. The van der Waals surface area contributed by atoms with Crippen molar-refractivity contribution in [2.75, 3.05) is 0 Å². The average molecular weight is 398 g/mol. The van der Waals surface area contributed by atoms with Crippen LogP contribution in [0.25, 0.3) is 0 Å². The van der Waals surface area contributed by atoms with Crippen LogP contribution in [0.4, 0.5) is 4.79 Å². The molecule has 1 aliphatic heterocycles. The highest BCUT2D eigenvalue weighted by Crippen LogP contribution is 2.31. The number of cyclic esters (lactones) is 1. The van der Waals surface area contributed by atoms with Crippen molar-refractivity contribution < 1.29 is 23.5 Å².